The van der Waals surface area contributed by atoms with Crippen LogP contribution in [0.5, 0.6) is 0 Å². The molecule has 0 heterocycles. The molecule has 0 N–H and O–H groups in total. The van der Waals surface area contributed by atoms with E-state index in [0.717, 1.165) is 29.6 Å². The Labute approximate surface area is 160 Å². The van der Waals surface area contributed by atoms with E-state index in [1.54, 1.807) is 44.9 Å². The molecule has 0 heteroatoms. The molecule has 0 saturated heterocycles. The van der Waals surface area contributed by atoms with Crippen molar-refractivity contribution in [1.29, 1.82) is 0 Å². The summed E-state index contributed by atoms with van der Waals surface area (Å²) in [5.41, 5.74) is 1.40. The van der Waals surface area contributed by atoms with Crippen molar-refractivity contribution in [2.75, 3.05) is 0 Å². The lowest BCUT2D eigenvalue weighted by Crippen LogP contribution is -2.54. The Morgan fingerprint density at radius 3 is 2.08 bits per heavy atom. The molecule has 0 amide bonds. The number of fused-ring (bicyclic) bond motifs is 5. The van der Waals surface area contributed by atoms with Crippen molar-refractivity contribution in [3.05, 3.63) is 0 Å². The predicted molar refractivity (Wildman–Crippen MR) is 115 cm³/mol. The molecule has 7 atom stereocenters. The highest BCUT2D eigenvalue weighted by atomic mass is 14.7. The molecule has 0 radical (unpaired) electrons. The SMILES string of the molecule is C.C.CC.CCC1CCC2C1(C)CCC1C3CCCCC3CCC12C. The second-order valence-corrected chi connectivity index (χ2v) is 9.64. The van der Waals surface area contributed by atoms with Gasteiger partial charge in [0.2, 0.25) is 0 Å². The van der Waals surface area contributed by atoms with Gasteiger partial charge in [-0.2, -0.15) is 0 Å². The molecule has 4 rings (SSSR count). The van der Waals surface area contributed by atoms with Crippen LogP contribution in [-0.4, -0.2) is 0 Å². The fraction of sp³-hybridized carbons (Fsp3) is 1.00. The molecule has 7 unspecified atom stereocenters. The van der Waals surface area contributed by atoms with Gasteiger partial charge in [0.25, 0.3) is 0 Å². The summed E-state index contributed by atoms with van der Waals surface area (Å²) in [7, 11) is 0. The summed E-state index contributed by atoms with van der Waals surface area (Å²) >= 11 is 0. The second-order valence-electron chi connectivity index (χ2n) is 9.64. The summed E-state index contributed by atoms with van der Waals surface area (Å²) in [6.45, 7) is 11.9. The summed E-state index contributed by atoms with van der Waals surface area (Å²) in [5, 5.41) is 0. The van der Waals surface area contributed by atoms with Gasteiger partial charge in [0.1, 0.15) is 0 Å². The van der Waals surface area contributed by atoms with Crippen LogP contribution in [-0.2, 0) is 0 Å². The maximum Gasteiger partial charge on any atom is -0.0261 e. The van der Waals surface area contributed by atoms with Crippen molar-refractivity contribution in [2.45, 2.75) is 120 Å². The average Bonchev–Trinajstić information content (AvgIpc) is 2.94. The van der Waals surface area contributed by atoms with Gasteiger partial charge in [-0.1, -0.05) is 75.2 Å². The lowest BCUT2D eigenvalue weighted by atomic mass is 9.43. The normalized spacial score (nSPS) is 47.6. The Kier molecular flexibility index (Phi) is 8.10. The summed E-state index contributed by atoms with van der Waals surface area (Å²) in [5.74, 6) is 5.40. The Morgan fingerprint density at radius 1 is 0.760 bits per heavy atom. The summed E-state index contributed by atoms with van der Waals surface area (Å²) in [4.78, 5) is 0. The lowest BCUT2D eigenvalue weighted by molar-refractivity contribution is -0.124. The molecule has 0 aromatic rings. The summed E-state index contributed by atoms with van der Waals surface area (Å²) < 4.78 is 0. The molecular weight excluding hydrogens is 300 g/mol. The standard InChI is InChI=1S/C21H36.C2H6.2CH4/c1-4-16-9-10-19-20(16,2)14-12-18-17-8-6-5-7-15(17)11-13-21(18,19)3;1-2;;/h15-19H,4-14H2,1-3H3;1-2H3;2*1H4. The van der Waals surface area contributed by atoms with Gasteiger partial charge in [-0.15, -0.1) is 0 Å². The van der Waals surface area contributed by atoms with E-state index in [4.69, 9.17) is 0 Å². The molecule has 4 saturated carbocycles. The topological polar surface area (TPSA) is 0 Å². The van der Waals surface area contributed by atoms with Crippen molar-refractivity contribution in [3.8, 4) is 0 Å². The molecule has 25 heavy (non-hydrogen) atoms. The van der Waals surface area contributed by atoms with Gasteiger partial charge < -0.3 is 0 Å². The fourth-order valence-electron chi connectivity index (χ4n) is 8.18. The van der Waals surface area contributed by atoms with Gasteiger partial charge in [-0.25, -0.2) is 0 Å². The van der Waals surface area contributed by atoms with Crippen LogP contribution in [0.25, 0.3) is 0 Å². The quantitative estimate of drug-likeness (QED) is 0.443. The first-order valence-electron chi connectivity index (χ1n) is 11.1. The van der Waals surface area contributed by atoms with E-state index in [2.05, 4.69) is 20.8 Å². The number of rotatable bonds is 1. The van der Waals surface area contributed by atoms with E-state index in [1.807, 2.05) is 13.8 Å². The first-order valence-corrected chi connectivity index (χ1v) is 11.1. The Balaban J connectivity index is 0.000000755. The molecule has 4 aliphatic rings. The monoisotopic (exact) mass is 350 g/mol. The van der Waals surface area contributed by atoms with E-state index >= 15 is 0 Å². The zero-order valence-electron chi connectivity index (χ0n) is 16.7. The number of hydrogen-bond acceptors (Lipinski definition) is 0. The van der Waals surface area contributed by atoms with E-state index in [9.17, 15) is 0 Å². The predicted octanol–water partition coefficient (Wildman–Crippen LogP) is 8.74. The molecule has 150 valence electrons. The highest BCUT2D eigenvalue weighted by Crippen LogP contribution is 2.69. The third-order valence-electron chi connectivity index (χ3n) is 9.20. The van der Waals surface area contributed by atoms with Crippen molar-refractivity contribution in [3.63, 3.8) is 0 Å². The molecule has 0 aromatic heterocycles. The maximum atomic E-state index is 2.74. The second kappa shape index (κ2) is 8.79. The first-order chi connectivity index (χ1) is 11.1. The molecule has 0 bridgehead atoms. The van der Waals surface area contributed by atoms with Crippen LogP contribution >= 0.6 is 0 Å². The minimum atomic E-state index is 0. The van der Waals surface area contributed by atoms with Crippen molar-refractivity contribution < 1.29 is 0 Å². The van der Waals surface area contributed by atoms with Gasteiger partial charge in [0.15, 0.2) is 0 Å². The van der Waals surface area contributed by atoms with Gasteiger partial charge in [-0.3, -0.25) is 0 Å². The molecule has 0 spiro atoms. The van der Waals surface area contributed by atoms with Crippen molar-refractivity contribution >= 4 is 0 Å². The molecular formula is C25H50. The highest BCUT2D eigenvalue weighted by molar-refractivity contribution is 5.10. The zero-order valence-corrected chi connectivity index (χ0v) is 16.7. The minimum Gasteiger partial charge on any atom is -0.0776 e. The van der Waals surface area contributed by atoms with Crippen molar-refractivity contribution in [2.24, 2.45) is 40.4 Å². The third kappa shape index (κ3) is 3.45. The van der Waals surface area contributed by atoms with Crippen LogP contribution in [0.4, 0.5) is 0 Å². The van der Waals surface area contributed by atoms with Crippen LogP contribution in [0.3, 0.4) is 0 Å². The van der Waals surface area contributed by atoms with Crippen LogP contribution in [0.1, 0.15) is 120 Å². The molecule has 4 aliphatic carbocycles. The molecule has 0 aromatic carbocycles. The maximum absolute atomic E-state index is 2.74. The Morgan fingerprint density at radius 2 is 1.40 bits per heavy atom. The van der Waals surface area contributed by atoms with Crippen molar-refractivity contribution in [1.82, 2.24) is 0 Å². The van der Waals surface area contributed by atoms with E-state index in [1.165, 1.54) is 25.7 Å². The molecule has 4 fully saturated rings. The lowest BCUT2D eigenvalue weighted by Gasteiger charge is -2.61. The summed E-state index contributed by atoms with van der Waals surface area (Å²) in [6.07, 6.45) is 17.0. The van der Waals surface area contributed by atoms with Crippen LogP contribution in [0.2, 0.25) is 0 Å². The smallest absolute Gasteiger partial charge is 0.0261 e. The van der Waals surface area contributed by atoms with Gasteiger partial charge in [0.05, 0.1) is 0 Å². The van der Waals surface area contributed by atoms with Gasteiger partial charge >= 0.3 is 0 Å². The van der Waals surface area contributed by atoms with E-state index in [0.29, 0.717) is 10.8 Å². The highest BCUT2D eigenvalue weighted by Gasteiger charge is 2.61. The largest absolute Gasteiger partial charge is 0.0776 e. The average molecular weight is 351 g/mol. The van der Waals surface area contributed by atoms with E-state index in [-0.39, 0.29) is 14.9 Å². The summed E-state index contributed by atoms with van der Waals surface area (Å²) in [6, 6.07) is 0. The number of hydrogen-bond donors (Lipinski definition) is 0. The third-order valence-corrected chi connectivity index (χ3v) is 9.20. The zero-order chi connectivity index (χ0) is 16.7. The van der Waals surface area contributed by atoms with Gasteiger partial charge in [-0.05, 0) is 85.4 Å². The van der Waals surface area contributed by atoms with Crippen LogP contribution in [0.15, 0.2) is 0 Å². The van der Waals surface area contributed by atoms with Crippen LogP contribution < -0.4 is 0 Å². The fourth-order valence-corrected chi connectivity index (χ4v) is 8.18. The first kappa shape index (κ1) is 23.0. The van der Waals surface area contributed by atoms with Crippen LogP contribution in [0, 0.1) is 40.4 Å². The van der Waals surface area contributed by atoms with Gasteiger partial charge in [0, 0.05) is 0 Å². The Hall–Kier alpha value is 0. The molecule has 0 aliphatic heterocycles. The Bertz CT molecular complexity index is 399. The molecule has 0 nitrogen and oxygen atoms in total. The minimum absolute atomic E-state index is 0. The van der Waals surface area contributed by atoms with E-state index < -0.39 is 0 Å².